The standard InChI is InChI=1S/C14H18N4O2/c1-10(2)20-14-6-5-12-11(9-15-18(12)16-14)13(19)7-8-17(3)4/h5-10H,1-4H3. The molecule has 2 heterocycles. The van der Waals surface area contributed by atoms with Crippen molar-refractivity contribution in [2.75, 3.05) is 14.1 Å². The van der Waals surface area contributed by atoms with Gasteiger partial charge in [-0.15, -0.1) is 9.73 Å². The summed E-state index contributed by atoms with van der Waals surface area (Å²) in [5.41, 5.74) is 1.18. The Morgan fingerprint density at radius 3 is 2.80 bits per heavy atom. The zero-order chi connectivity index (χ0) is 14.7. The zero-order valence-corrected chi connectivity index (χ0v) is 12.1. The van der Waals surface area contributed by atoms with E-state index in [0.717, 1.165) is 0 Å². The van der Waals surface area contributed by atoms with Gasteiger partial charge < -0.3 is 9.64 Å². The molecule has 0 aliphatic rings. The topological polar surface area (TPSA) is 59.7 Å². The number of hydrogen-bond acceptors (Lipinski definition) is 5. The number of ether oxygens (including phenoxy) is 1. The zero-order valence-electron chi connectivity index (χ0n) is 12.1. The number of aromatic nitrogens is 3. The van der Waals surface area contributed by atoms with E-state index in [1.807, 2.05) is 27.9 Å². The Bertz CT molecular complexity index is 644. The van der Waals surface area contributed by atoms with Crippen LogP contribution in [0.4, 0.5) is 0 Å². The Kier molecular flexibility index (Phi) is 4.02. The summed E-state index contributed by atoms with van der Waals surface area (Å²) in [7, 11) is 3.72. The summed E-state index contributed by atoms with van der Waals surface area (Å²) in [4.78, 5) is 13.9. The van der Waals surface area contributed by atoms with Crippen molar-refractivity contribution >= 4 is 11.3 Å². The summed E-state index contributed by atoms with van der Waals surface area (Å²) < 4.78 is 6.90. The molecule has 2 rings (SSSR count). The minimum absolute atomic E-state index is 0.0413. The van der Waals surface area contributed by atoms with Gasteiger partial charge in [-0.25, -0.2) is 0 Å². The lowest BCUT2D eigenvalue weighted by Crippen LogP contribution is -2.08. The SMILES string of the molecule is CC(C)Oc1ccc2c(C(=O)C=CN(C)C)cnn2n1. The molecule has 0 saturated heterocycles. The van der Waals surface area contributed by atoms with Crippen molar-refractivity contribution in [2.24, 2.45) is 0 Å². The molecule has 0 aliphatic carbocycles. The van der Waals surface area contributed by atoms with Crippen molar-refractivity contribution in [3.05, 3.63) is 36.2 Å². The quantitative estimate of drug-likeness (QED) is 0.614. The predicted octanol–water partition coefficient (Wildman–Crippen LogP) is 1.77. The smallest absolute Gasteiger partial charge is 0.233 e. The van der Waals surface area contributed by atoms with Crippen LogP contribution < -0.4 is 4.74 Å². The van der Waals surface area contributed by atoms with E-state index in [1.165, 1.54) is 16.9 Å². The highest BCUT2D eigenvalue weighted by molar-refractivity contribution is 6.09. The maximum Gasteiger partial charge on any atom is 0.233 e. The highest BCUT2D eigenvalue weighted by Crippen LogP contribution is 2.15. The molecule has 0 saturated carbocycles. The van der Waals surface area contributed by atoms with Crippen LogP contribution >= 0.6 is 0 Å². The van der Waals surface area contributed by atoms with E-state index in [4.69, 9.17) is 4.74 Å². The first-order valence-corrected chi connectivity index (χ1v) is 6.38. The minimum atomic E-state index is -0.104. The van der Waals surface area contributed by atoms with E-state index < -0.39 is 0 Å². The highest BCUT2D eigenvalue weighted by Gasteiger charge is 2.12. The van der Waals surface area contributed by atoms with Gasteiger partial charge in [-0.05, 0) is 19.9 Å². The lowest BCUT2D eigenvalue weighted by Gasteiger charge is -2.07. The first kappa shape index (κ1) is 14.0. The fourth-order valence-electron chi connectivity index (χ4n) is 1.66. The third kappa shape index (κ3) is 3.14. The molecular weight excluding hydrogens is 256 g/mol. The molecule has 0 radical (unpaired) electrons. The van der Waals surface area contributed by atoms with Gasteiger partial charge in [0.25, 0.3) is 0 Å². The van der Waals surface area contributed by atoms with E-state index in [1.54, 1.807) is 23.2 Å². The predicted molar refractivity (Wildman–Crippen MR) is 75.9 cm³/mol. The molecule has 0 spiro atoms. The number of rotatable bonds is 5. The van der Waals surface area contributed by atoms with Crippen molar-refractivity contribution in [1.29, 1.82) is 0 Å². The second-order valence-corrected chi connectivity index (χ2v) is 4.91. The molecule has 6 heteroatoms. The molecule has 2 aromatic heterocycles. The summed E-state index contributed by atoms with van der Waals surface area (Å²) in [5.74, 6) is 0.381. The maximum atomic E-state index is 12.1. The molecule has 2 aromatic rings. The van der Waals surface area contributed by atoms with Crippen molar-refractivity contribution < 1.29 is 9.53 Å². The van der Waals surface area contributed by atoms with Crippen molar-refractivity contribution in [2.45, 2.75) is 20.0 Å². The largest absolute Gasteiger partial charge is 0.474 e. The molecule has 0 N–H and O–H groups in total. The fraction of sp³-hybridized carbons (Fsp3) is 0.357. The van der Waals surface area contributed by atoms with Crippen LogP contribution in [0, 0.1) is 0 Å². The van der Waals surface area contributed by atoms with Crippen molar-refractivity contribution in [3.8, 4) is 5.88 Å². The van der Waals surface area contributed by atoms with E-state index in [2.05, 4.69) is 10.2 Å². The summed E-state index contributed by atoms with van der Waals surface area (Å²) in [5, 5.41) is 8.30. The molecule has 0 bridgehead atoms. The van der Waals surface area contributed by atoms with Gasteiger partial charge in [0.15, 0.2) is 5.78 Å². The van der Waals surface area contributed by atoms with Gasteiger partial charge in [0.2, 0.25) is 5.88 Å². The molecule has 6 nitrogen and oxygen atoms in total. The second-order valence-electron chi connectivity index (χ2n) is 4.91. The maximum absolute atomic E-state index is 12.1. The lowest BCUT2D eigenvalue weighted by atomic mass is 10.2. The Labute approximate surface area is 117 Å². The molecule has 20 heavy (non-hydrogen) atoms. The van der Waals surface area contributed by atoms with Crippen molar-refractivity contribution in [1.82, 2.24) is 19.7 Å². The number of fused-ring (bicyclic) bond motifs is 1. The highest BCUT2D eigenvalue weighted by atomic mass is 16.5. The molecule has 0 fully saturated rings. The van der Waals surface area contributed by atoms with Crippen molar-refractivity contribution in [3.63, 3.8) is 0 Å². The third-order valence-corrected chi connectivity index (χ3v) is 2.51. The summed E-state index contributed by atoms with van der Waals surface area (Å²) in [6.45, 7) is 3.85. The molecule has 106 valence electrons. The summed E-state index contributed by atoms with van der Waals surface area (Å²) in [6, 6.07) is 3.53. The van der Waals surface area contributed by atoms with Crippen LogP contribution in [-0.4, -0.2) is 45.7 Å². The van der Waals surface area contributed by atoms with E-state index in [0.29, 0.717) is 17.0 Å². The number of hydrogen-bond donors (Lipinski definition) is 0. The molecular formula is C14H18N4O2. The van der Waals surface area contributed by atoms with Gasteiger partial charge >= 0.3 is 0 Å². The number of carbonyl (C=O) groups excluding carboxylic acids is 1. The van der Waals surface area contributed by atoms with Gasteiger partial charge in [-0.2, -0.15) is 5.10 Å². The molecule has 0 unspecified atom stereocenters. The van der Waals surface area contributed by atoms with Crippen LogP contribution in [0.3, 0.4) is 0 Å². The van der Waals surface area contributed by atoms with Crippen LogP contribution in [0.2, 0.25) is 0 Å². The number of allylic oxidation sites excluding steroid dienone is 1. The Morgan fingerprint density at radius 2 is 2.15 bits per heavy atom. The van der Waals surface area contributed by atoms with Gasteiger partial charge in [-0.3, -0.25) is 4.79 Å². The van der Waals surface area contributed by atoms with E-state index in [9.17, 15) is 4.79 Å². The first-order valence-electron chi connectivity index (χ1n) is 6.38. The van der Waals surface area contributed by atoms with Crippen LogP contribution in [0.25, 0.3) is 5.52 Å². The van der Waals surface area contributed by atoms with Crippen LogP contribution in [0.1, 0.15) is 24.2 Å². The summed E-state index contributed by atoms with van der Waals surface area (Å²) >= 11 is 0. The molecule has 0 amide bonds. The minimum Gasteiger partial charge on any atom is -0.474 e. The monoisotopic (exact) mass is 274 g/mol. The van der Waals surface area contributed by atoms with E-state index in [-0.39, 0.29) is 11.9 Å². The second kappa shape index (κ2) is 5.73. The number of carbonyl (C=O) groups is 1. The normalized spacial score (nSPS) is 11.4. The van der Waals surface area contributed by atoms with Crippen LogP contribution in [0.5, 0.6) is 5.88 Å². The molecule has 0 atom stereocenters. The van der Waals surface area contributed by atoms with Gasteiger partial charge in [-0.1, -0.05) is 0 Å². The van der Waals surface area contributed by atoms with Crippen LogP contribution in [0.15, 0.2) is 30.6 Å². The fourth-order valence-corrected chi connectivity index (χ4v) is 1.66. The lowest BCUT2D eigenvalue weighted by molar-refractivity contribution is 0.104. The third-order valence-electron chi connectivity index (χ3n) is 2.51. The average molecular weight is 274 g/mol. The molecule has 0 aromatic carbocycles. The van der Waals surface area contributed by atoms with Gasteiger partial charge in [0.1, 0.15) is 0 Å². The Morgan fingerprint density at radius 1 is 1.40 bits per heavy atom. The van der Waals surface area contributed by atoms with Crippen LogP contribution in [-0.2, 0) is 0 Å². The Hall–Kier alpha value is -2.37. The summed E-state index contributed by atoms with van der Waals surface area (Å²) in [6.07, 6.45) is 4.77. The van der Waals surface area contributed by atoms with Gasteiger partial charge in [0.05, 0.1) is 23.4 Å². The molecule has 0 aliphatic heterocycles. The number of ketones is 1. The average Bonchev–Trinajstić information content (AvgIpc) is 2.78. The first-order chi connectivity index (χ1) is 9.47. The van der Waals surface area contributed by atoms with E-state index >= 15 is 0 Å². The van der Waals surface area contributed by atoms with Gasteiger partial charge in [0, 0.05) is 32.4 Å². The Balaban J connectivity index is 2.31. The number of nitrogens with zero attached hydrogens (tertiary/aromatic N) is 4.